The molecule has 2 aliphatic rings. The topological polar surface area (TPSA) is 124 Å². The maximum Gasteiger partial charge on any atom is 0.334 e. The Balaban J connectivity index is 1.84. The van der Waals surface area contributed by atoms with Crippen molar-refractivity contribution in [3.05, 3.63) is 0 Å². The first-order valence-corrected chi connectivity index (χ1v) is 6.97. The first-order valence-electron chi connectivity index (χ1n) is 6.97. The number of hydrogen-bond acceptors (Lipinski definition) is 5. The summed E-state index contributed by atoms with van der Waals surface area (Å²) < 4.78 is 0. The molecule has 0 unspecified atom stereocenters. The molecule has 2 fully saturated rings. The molecule has 9 nitrogen and oxygen atoms in total. The first kappa shape index (κ1) is 15.9. The molecule has 1 aliphatic heterocycles. The van der Waals surface area contributed by atoms with Crippen molar-refractivity contribution in [2.45, 2.75) is 31.7 Å². The number of nitrogens with zero attached hydrogens (tertiary/aromatic N) is 2. The summed E-state index contributed by atoms with van der Waals surface area (Å²) in [5.41, 5.74) is 0. The quantitative estimate of drug-likeness (QED) is 0.515. The average molecular weight is 311 g/mol. The fraction of sp³-hybridized carbons (Fsp3) is 0.615. The van der Waals surface area contributed by atoms with Crippen LogP contribution in [0.4, 0.5) is 4.79 Å². The van der Waals surface area contributed by atoms with Crippen LogP contribution in [0.3, 0.4) is 0 Å². The van der Waals surface area contributed by atoms with Crippen molar-refractivity contribution in [2.75, 3.05) is 13.6 Å². The monoisotopic (exact) mass is 311 g/mol. The molecule has 2 rings (SSSR count). The number of carboxylic acid groups (broad SMARTS) is 1. The third-order valence-electron chi connectivity index (χ3n) is 3.99. The van der Waals surface area contributed by atoms with Gasteiger partial charge in [0.1, 0.15) is 6.54 Å². The van der Waals surface area contributed by atoms with E-state index in [1.165, 1.54) is 7.05 Å². The third-order valence-corrected chi connectivity index (χ3v) is 3.99. The van der Waals surface area contributed by atoms with Crippen LogP contribution < -0.4 is 5.32 Å². The van der Waals surface area contributed by atoms with Gasteiger partial charge in [0.25, 0.3) is 0 Å². The van der Waals surface area contributed by atoms with Crippen LogP contribution in [-0.4, -0.2) is 64.3 Å². The van der Waals surface area contributed by atoms with Crippen molar-refractivity contribution >= 4 is 29.7 Å². The van der Waals surface area contributed by atoms with Gasteiger partial charge in [-0.2, -0.15) is 0 Å². The minimum atomic E-state index is -1.02. The third kappa shape index (κ3) is 3.07. The number of carboxylic acids is 1. The lowest BCUT2D eigenvalue weighted by molar-refractivity contribution is -0.143. The fourth-order valence-corrected chi connectivity index (χ4v) is 2.65. The number of aliphatic carboxylic acids is 1. The summed E-state index contributed by atoms with van der Waals surface area (Å²) in [6, 6.07) is -0.996. The van der Waals surface area contributed by atoms with E-state index in [0.717, 1.165) is 0 Å². The molecule has 0 spiro atoms. The summed E-state index contributed by atoms with van der Waals surface area (Å²) in [7, 11) is 1.17. The van der Waals surface area contributed by atoms with E-state index in [1.54, 1.807) is 0 Å². The van der Waals surface area contributed by atoms with Gasteiger partial charge in [-0.3, -0.25) is 24.1 Å². The van der Waals surface area contributed by atoms with Gasteiger partial charge in [0.15, 0.2) is 0 Å². The van der Waals surface area contributed by atoms with E-state index in [0.29, 0.717) is 35.5 Å². The summed E-state index contributed by atoms with van der Waals surface area (Å²) in [6.07, 6.45) is 2.01. The number of urea groups is 1. The predicted octanol–water partition coefficient (Wildman–Crippen LogP) is -0.833. The van der Waals surface area contributed by atoms with Crippen LogP contribution in [0, 0.1) is 5.92 Å². The van der Waals surface area contributed by atoms with Gasteiger partial charge in [-0.1, -0.05) is 0 Å². The zero-order valence-electron chi connectivity index (χ0n) is 12.1. The van der Waals surface area contributed by atoms with E-state index in [2.05, 4.69) is 5.32 Å². The van der Waals surface area contributed by atoms with E-state index in [9.17, 15) is 24.0 Å². The predicted molar refractivity (Wildman–Crippen MR) is 71.4 cm³/mol. The molecule has 0 radical (unpaired) electrons. The van der Waals surface area contributed by atoms with Gasteiger partial charge in [0, 0.05) is 13.1 Å². The zero-order valence-corrected chi connectivity index (χ0v) is 12.1. The molecule has 1 aliphatic carbocycles. The molecule has 1 saturated heterocycles. The van der Waals surface area contributed by atoms with Crippen molar-refractivity contribution in [3.8, 4) is 0 Å². The molecule has 120 valence electrons. The number of carbonyl (C=O) groups is 5. The fourth-order valence-electron chi connectivity index (χ4n) is 2.65. The number of rotatable bonds is 4. The molecular weight excluding hydrogens is 294 g/mol. The molecule has 0 aromatic heterocycles. The number of likely N-dealkylation sites (N-methyl/N-ethyl adjacent to an activating group) is 1. The SMILES string of the molecule is CN1C(=O)C(=O)N(CC(=O)NC2CCC(C(=O)O)CC2)C1=O. The highest BCUT2D eigenvalue weighted by molar-refractivity contribution is 6.44. The summed E-state index contributed by atoms with van der Waals surface area (Å²) in [4.78, 5) is 58.5. The molecule has 2 N–H and O–H groups in total. The normalized spacial score (nSPS) is 25.6. The van der Waals surface area contributed by atoms with Gasteiger partial charge in [-0.25, -0.2) is 9.69 Å². The van der Waals surface area contributed by atoms with Crippen LogP contribution in [0.1, 0.15) is 25.7 Å². The van der Waals surface area contributed by atoms with Crippen LogP contribution >= 0.6 is 0 Å². The van der Waals surface area contributed by atoms with Crippen LogP contribution in [0.2, 0.25) is 0 Å². The van der Waals surface area contributed by atoms with Gasteiger partial charge < -0.3 is 10.4 Å². The Morgan fingerprint density at radius 3 is 2.18 bits per heavy atom. The highest BCUT2D eigenvalue weighted by atomic mass is 16.4. The Labute approximate surface area is 126 Å². The van der Waals surface area contributed by atoms with E-state index >= 15 is 0 Å². The van der Waals surface area contributed by atoms with Crippen molar-refractivity contribution in [1.29, 1.82) is 0 Å². The van der Waals surface area contributed by atoms with E-state index in [1.807, 2.05) is 0 Å². The second kappa shape index (κ2) is 6.12. The van der Waals surface area contributed by atoms with Gasteiger partial charge in [-0.05, 0) is 25.7 Å². The van der Waals surface area contributed by atoms with Gasteiger partial charge in [-0.15, -0.1) is 0 Å². The Bertz CT molecular complexity index is 538. The molecule has 1 saturated carbocycles. The van der Waals surface area contributed by atoms with Crippen molar-refractivity contribution in [3.63, 3.8) is 0 Å². The minimum Gasteiger partial charge on any atom is -0.481 e. The maximum atomic E-state index is 11.9. The molecule has 22 heavy (non-hydrogen) atoms. The largest absolute Gasteiger partial charge is 0.481 e. The number of amides is 5. The Kier molecular flexibility index (Phi) is 4.43. The second-order valence-electron chi connectivity index (χ2n) is 5.49. The smallest absolute Gasteiger partial charge is 0.334 e. The molecular formula is C13H17N3O6. The summed E-state index contributed by atoms with van der Waals surface area (Å²) in [5, 5.41) is 11.6. The lowest BCUT2D eigenvalue weighted by atomic mass is 9.86. The van der Waals surface area contributed by atoms with Crippen LogP contribution in [0.5, 0.6) is 0 Å². The number of nitrogens with one attached hydrogen (secondary N) is 1. The molecule has 0 aromatic rings. The average Bonchev–Trinajstić information content (AvgIpc) is 2.65. The van der Waals surface area contributed by atoms with E-state index in [4.69, 9.17) is 5.11 Å². The molecule has 0 atom stereocenters. The molecule has 0 bridgehead atoms. The number of imide groups is 2. The Morgan fingerprint density at radius 2 is 1.73 bits per heavy atom. The van der Waals surface area contributed by atoms with Crippen molar-refractivity contribution in [2.24, 2.45) is 5.92 Å². The molecule has 5 amide bonds. The summed E-state index contributed by atoms with van der Waals surface area (Å²) in [6.45, 7) is -0.507. The van der Waals surface area contributed by atoms with Gasteiger partial charge in [0.2, 0.25) is 5.91 Å². The number of carbonyl (C=O) groups excluding carboxylic acids is 4. The second-order valence-corrected chi connectivity index (χ2v) is 5.49. The molecule has 1 heterocycles. The summed E-state index contributed by atoms with van der Waals surface area (Å²) >= 11 is 0. The van der Waals surface area contributed by atoms with Gasteiger partial charge >= 0.3 is 23.8 Å². The van der Waals surface area contributed by atoms with E-state index < -0.39 is 36.3 Å². The Morgan fingerprint density at radius 1 is 1.14 bits per heavy atom. The first-order chi connectivity index (χ1) is 10.3. The van der Waals surface area contributed by atoms with Crippen LogP contribution in [-0.2, 0) is 19.2 Å². The lowest BCUT2D eigenvalue weighted by Gasteiger charge is -2.27. The highest BCUT2D eigenvalue weighted by Crippen LogP contribution is 2.24. The standard InChI is InChI=1S/C13H17N3O6/c1-15-10(18)11(19)16(13(15)22)6-9(17)14-8-4-2-7(3-5-8)12(20)21/h7-8H,2-6H2,1H3,(H,14,17)(H,20,21). The zero-order chi connectivity index (χ0) is 16.4. The Hall–Kier alpha value is -2.45. The molecule has 9 heteroatoms. The van der Waals surface area contributed by atoms with Crippen LogP contribution in [0.25, 0.3) is 0 Å². The lowest BCUT2D eigenvalue weighted by Crippen LogP contribution is -2.45. The van der Waals surface area contributed by atoms with Crippen molar-refractivity contribution in [1.82, 2.24) is 15.1 Å². The minimum absolute atomic E-state index is 0.177. The maximum absolute atomic E-state index is 11.9. The molecule has 0 aromatic carbocycles. The highest BCUT2D eigenvalue weighted by Gasteiger charge is 2.43. The van der Waals surface area contributed by atoms with Crippen LogP contribution in [0.15, 0.2) is 0 Å². The van der Waals surface area contributed by atoms with Crippen molar-refractivity contribution < 1.29 is 29.1 Å². The number of hydrogen-bond donors (Lipinski definition) is 2. The van der Waals surface area contributed by atoms with E-state index in [-0.39, 0.29) is 12.0 Å². The summed E-state index contributed by atoms with van der Waals surface area (Å²) in [5.74, 6) is -3.73. The van der Waals surface area contributed by atoms with Gasteiger partial charge in [0.05, 0.1) is 5.92 Å².